The van der Waals surface area contributed by atoms with Crippen LogP contribution < -0.4 is 5.32 Å². The molecule has 0 bridgehead atoms. The Kier molecular flexibility index (Phi) is 5.72. The second-order valence-corrected chi connectivity index (χ2v) is 7.76. The van der Waals surface area contributed by atoms with Gasteiger partial charge in [0.2, 0.25) is 0 Å². The van der Waals surface area contributed by atoms with Crippen molar-refractivity contribution in [1.29, 1.82) is 0 Å². The molecule has 1 atom stereocenters. The molecule has 0 spiro atoms. The van der Waals surface area contributed by atoms with E-state index in [0.717, 1.165) is 11.1 Å². The van der Waals surface area contributed by atoms with E-state index in [-0.39, 0.29) is 21.8 Å². The number of phenols is 2. The number of aromatic hydroxyl groups is 2. The quantitative estimate of drug-likeness (QED) is 0.459. The maximum Gasteiger partial charge on any atom is 0.178 e. The van der Waals surface area contributed by atoms with Gasteiger partial charge in [-0.05, 0) is 54.4 Å². The van der Waals surface area contributed by atoms with Gasteiger partial charge in [0.1, 0.15) is 0 Å². The number of nitrogens with one attached hydrogen (secondary N) is 1. The van der Waals surface area contributed by atoms with Gasteiger partial charge in [-0.3, -0.25) is 0 Å². The lowest BCUT2D eigenvalue weighted by Crippen LogP contribution is -2.43. The molecule has 2 aromatic carbocycles. The molecule has 0 saturated heterocycles. The molecule has 3 rings (SSSR count). The third-order valence-electron chi connectivity index (χ3n) is 4.51. The highest BCUT2D eigenvalue weighted by molar-refractivity contribution is 7.80. The van der Waals surface area contributed by atoms with Gasteiger partial charge in [0, 0.05) is 18.1 Å². The molecule has 1 aliphatic heterocycles. The summed E-state index contributed by atoms with van der Waals surface area (Å²) in [7, 11) is 0. The summed E-state index contributed by atoms with van der Waals surface area (Å²) in [5.74, 6) is -0.772. The Balaban J connectivity index is 1.76. The van der Waals surface area contributed by atoms with Crippen LogP contribution in [0.2, 0.25) is 15.1 Å². The third kappa shape index (κ3) is 3.67. The molecule has 0 saturated carbocycles. The smallest absolute Gasteiger partial charge is 0.178 e. The van der Waals surface area contributed by atoms with Gasteiger partial charge in [-0.15, -0.1) is 0 Å². The lowest BCUT2D eigenvalue weighted by molar-refractivity contribution is 0.372. The molecule has 3 N–H and O–H groups in total. The van der Waals surface area contributed by atoms with E-state index < -0.39 is 5.75 Å². The molecule has 0 radical (unpaired) electrons. The van der Waals surface area contributed by atoms with Gasteiger partial charge in [0.25, 0.3) is 0 Å². The number of rotatable bonds is 2. The molecule has 0 amide bonds. The van der Waals surface area contributed by atoms with Gasteiger partial charge in [-0.25, -0.2) is 0 Å². The Hall–Kier alpha value is -1.40. The monoisotopic (exact) mass is 430 g/mol. The van der Waals surface area contributed by atoms with Crippen LogP contribution >= 0.6 is 47.0 Å². The molecule has 0 aliphatic carbocycles. The average Bonchev–Trinajstić information content (AvgIpc) is 2.64. The van der Waals surface area contributed by atoms with E-state index in [9.17, 15) is 10.2 Å². The molecular weight excluding hydrogens is 415 g/mol. The maximum atomic E-state index is 9.94. The molecule has 1 heterocycles. The number of thiocarbonyl (C=S) groups is 1. The Labute approximate surface area is 172 Å². The van der Waals surface area contributed by atoms with Crippen LogP contribution in [0.3, 0.4) is 0 Å². The summed E-state index contributed by atoms with van der Waals surface area (Å²) in [6, 6.07) is 7.59. The Morgan fingerprint density at radius 2 is 1.65 bits per heavy atom. The summed E-state index contributed by atoms with van der Waals surface area (Å²) < 4.78 is 0. The highest BCUT2D eigenvalue weighted by Gasteiger charge is 2.28. The minimum absolute atomic E-state index is 0.00782. The average molecular weight is 432 g/mol. The fourth-order valence-electron chi connectivity index (χ4n) is 2.99. The maximum absolute atomic E-state index is 9.94. The van der Waals surface area contributed by atoms with Crippen molar-refractivity contribution >= 4 is 52.1 Å². The molecule has 8 heteroatoms. The van der Waals surface area contributed by atoms with Gasteiger partial charge >= 0.3 is 0 Å². The van der Waals surface area contributed by atoms with Crippen molar-refractivity contribution in [2.75, 3.05) is 6.54 Å². The summed E-state index contributed by atoms with van der Waals surface area (Å²) in [5, 5.41) is 24.6. The van der Waals surface area contributed by atoms with Crippen molar-refractivity contribution in [3.05, 3.63) is 56.0 Å². The Morgan fingerprint density at radius 3 is 2.27 bits per heavy atom. The second-order valence-electron chi connectivity index (χ2n) is 6.18. The van der Waals surface area contributed by atoms with Crippen LogP contribution in [0.4, 0.5) is 0 Å². The SMILES string of the molecule is C[C@@H](NC(=S)N1CCc2c(Cl)c(O)c(O)c(Cl)c2C1)c1ccc(Cl)cc1. The third-order valence-corrected chi connectivity index (χ3v) is 5.95. The molecule has 138 valence electrons. The van der Waals surface area contributed by atoms with Crippen LogP contribution in [0.5, 0.6) is 11.5 Å². The largest absolute Gasteiger partial charge is 0.503 e. The number of hydrogen-bond donors (Lipinski definition) is 3. The van der Waals surface area contributed by atoms with Gasteiger partial charge in [0.15, 0.2) is 16.6 Å². The van der Waals surface area contributed by atoms with E-state index in [1.807, 2.05) is 36.1 Å². The Bertz CT molecular complexity index is 859. The predicted octanol–water partition coefficient (Wildman–Crippen LogP) is 5.05. The van der Waals surface area contributed by atoms with Crippen LogP contribution in [-0.2, 0) is 13.0 Å². The standard InChI is InChI=1S/C18H17Cl3N2O2S/c1-9(10-2-4-11(19)5-3-10)22-18(26)23-7-6-12-13(8-23)15(21)17(25)16(24)14(12)20/h2-5,9,24-25H,6-8H2,1H3,(H,22,26)/t9-/m1/s1. The predicted molar refractivity (Wildman–Crippen MR) is 110 cm³/mol. The first-order chi connectivity index (χ1) is 12.3. The number of phenolic OH excluding ortho intramolecular Hbond substituents is 2. The van der Waals surface area contributed by atoms with Crippen molar-refractivity contribution in [3.63, 3.8) is 0 Å². The summed E-state index contributed by atoms with van der Waals surface area (Å²) in [4.78, 5) is 1.96. The van der Waals surface area contributed by atoms with Crippen LogP contribution in [0.15, 0.2) is 24.3 Å². The van der Waals surface area contributed by atoms with E-state index in [2.05, 4.69) is 5.32 Å². The number of fused-ring (bicyclic) bond motifs is 1. The molecular formula is C18H17Cl3N2O2S. The summed E-state index contributed by atoms with van der Waals surface area (Å²) in [6.45, 7) is 3.05. The normalized spacial score (nSPS) is 14.7. The molecule has 26 heavy (non-hydrogen) atoms. The zero-order valence-electron chi connectivity index (χ0n) is 13.9. The van der Waals surface area contributed by atoms with E-state index in [1.165, 1.54) is 0 Å². The van der Waals surface area contributed by atoms with E-state index in [0.29, 0.717) is 35.2 Å². The van der Waals surface area contributed by atoms with Gasteiger partial charge < -0.3 is 20.4 Å². The van der Waals surface area contributed by atoms with Gasteiger partial charge in [0.05, 0.1) is 16.1 Å². The van der Waals surface area contributed by atoms with Gasteiger partial charge in [-0.2, -0.15) is 0 Å². The summed E-state index contributed by atoms with van der Waals surface area (Å²) in [5.41, 5.74) is 2.50. The van der Waals surface area contributed by atoms with Crippen LogP contribution in [-0.4, -0.2) is 26.8 Å². The lowest BCUT2D eigenvalue weighted by Gasteiger charge is -2.33. The fraction of sp³-hybridized carbons (Fsp3) is 0.278. The lowest BCUT2D eigenvalue weighted by atomic mass is 9.98. The second kappa shape index (κ2) is 7.69. The first-order valence-corrected chi connectivity index (χ1v) is 9.55. The van der Waals surface area contributed by atoms with Crippen molar-refractivity contribution in [1.82, 2.24) is 10.2 Å². The highest BCUT2D eigenvalue weighted by atomic mass is 35.5. The molecule has 0 unspecified atom stereocenters. The van der Waals surface area contributed by atoms with Crippen molar-refractivity contribution in [2.45, 2.75) is 25.9 Å². The van der Waals surface area contributed by atoms with Crippen LogP contribution in [0.25, 0.3) is 0 Å². The molecule has 0 aromatic heterocycles. The van der Waals surface area contributed by atoms with Crippen molar-refractivity contribution in [2.24, 2.45) is 0 Å². The van der Waals surface area contributed by atoms with E-state index in [4.69, 9.17) is 47.0 Å². The molecule has 0 fully saturated rings. The minimum Gasteiger partial charge on any atom is -0.503 e. The zero-order valence-corrected chi connectivity index (χ0v) is 17.0. The topological polar surface area (TPSA) is 55.7 Å². The molecule has 1 aliphatic rings. The number of benzene rings is 2. The number of halogens is 3. The van der Waals surface area contributed by atoms with Crippen molar-refractivity contribution in [3.8, 4) is 11.5 Å². The number of nitrogens with zero attached hydrogens (tertiary/aromatic N) is 1. The van der Waals surface area contributed by atoms with Crippen molar-refractivity contribution < 1.29 is 10.2 Å². The highest BCUT2D eigenvalue weighted by Crippen LogP contribution is 2.46. The Morgan fingerprint density at radius 1 is 1.08 bits per heavy atom. The minimum atomic E-state index is -0.398. The fourth-order valence-corrected chi connectivity index (χ4v) is 4.01. The first-order valence-electron chi connectivity index (χ1n) is 8.01. The zero-order chi connectivity index (χ0) is 19.0. The first kappa shape index (κ1) is 19.4. The summed E-state index contributed by atoms with van der Waals surface area (Å²) >= 11 is 23.8. The van der Waals surface area contributed by atoms with E-state index >= 15 is 0 Å². The van der Waals surface area contributed by atoms with Crippen LogP contribution in [0, 0.1) is 0 Å². The van der Waals surface area contributed by atoms with Gasteiger partial charge in [-0.1, -0.05) is 46.9 Å². The molecule has 4 nitrogen and oxygen atoms in total. The molecule has 2 aromatic rings. The summed E-state index contributed by atoms with van der Waals surface area (Å²) in [6.07, 6.45) is 0.568. The van der Waals surface area contributed by atoms with E-state index in [1.54, 1.807) is 0 Å². The van der Waals surface area contributed by atoms with Crippen LogP contribution in [0.1, 0.15) is 29.7 Å². The number of hydrogen-bond acceptors (Lipinski definition) is 3.